The van der Waals surface area contributed by atoms with Crippen LogP contribution in [0, 0.1) is 0 Å². The van der Waals surface area contributed by atoms with Crippen molar-refractivity contribution < 1.29 is 22.2 Å². The lowest BCUT2D eigenvalue weighted by Crippen LogP contribution is -2.53. The first kappa shape index (κ1) is 16.9. The van der Waals surface area contributed by atoms with Crippen LogP contribution in [0.15, 0.2) is 24.3 Å². The van der Waals surface area contributed by atoms with Crippen LogP contribution < -0.4 is 10.2 Å². The van der Waals surface area contributed by atoms with Crippen molar-refractivity contribution in [1.29, 1.82) is 0 Å². The standard InChI is InChI=1S/C16H20N2O5S/c1-2-24(21,22)23-13-9-18(10-13)12-5-3-4-11(8-12)14-6-7-15(19)17-16(14)20/h3-5,8,13-14H,2,6-7,9-10H2,1H3,(H,17,19,20). The Balaban J connectivity index is 1.65. The Bertz CT molecular complexity index is 755. The van der Waals surface area contributed by atoms with E-state index < -0.39 is 10.1 Å². The molecule has 2 saturated heterocycles. The zero-order valence-corrected chi connectivity index (χ0v) is 14.2. The van der Waals surface area contributed by atoms with Gasteiger partial charge in [0.2, 0.25) is 11.8 Å². The Kier molecular flexibility index (Phi) is 4.60. The number of piperidine rings is 1. The first-order chi connectivity index (χ1) is 11.4. The summed E-state index contributed by atoms with van der Waals surface area (Å²) in [5.74, 6) is -0.847. The van der Waals surface area contributed by atoms with Crippen LogP contribution in [0.4, 0.5) is 5.69 Å². The van der Waals surface area contributed by atoms with Gasteiger partial charge in [0.25, 0.3) is 10.1 Å². The SMILES string of the molecule is CCS(=O)(=O)OC1CN(c2cccc(C3CCC(=O)NC3=O)c2)C1. The minimum absolute atomic E-state index is 0.0332. The Morgan fingerprint density at radius 3 is 2.71 bits per heavy atom. The number of benzene rings is 1. The Labute approximate surface area is 141 Å². The molecule has 1 atom stereocenters. The maximum Gasteiger partial charge on any atom is 0.267 e. The van der Waals surface area contributed by atoms with Gasteiger partial charge >= 0.3 is 0 Å². The molecule has 3 rings (SSSR count). The molecular formula is C16H20N2O5S. The maximum absolute atomic E-state index is 12.0. The van der Waals surface area contributed by atoms with Crippen LogP contribution in [0.2, 0.25) is 0 Å². The quantitative estimate of drug-likeness (QED) is 0.621. The molecule has 0 aliphatic carbocycles. The Morgan fingerprint density at radius 1 is 1.29 bits per heavy atom. The van der Waals surface area contributed by atoms with Gasteiger partial charge in [0.15, 0.2) is 0 Å². The minimum atomic E-state index is -3.43. The van der Waals surface area contributed by atoms with Crippen molar-refractivity contribution in [2.24, 2.45) is 0 Å². The van der Waals surface area contributed by atoms with Crippen molar-refractivity contribution in [1.82, 2.24) is 5.32 Å². The highest BCUT2D eigenvalue weighted by Gasteiger charge is 2.33. The molecule has 0 bridgehead atoms. The molecule has 24 heavy (non-hydrogen) atoms. The van der Waals surface area contributed by atoms with Crippen LogP contribution in [0.3, 0.4) is 0 Å². The number of carbonyl (C=O) groups is 2. The van der Waals surface area contributed by atoms with E-state index in [1.54, 1.807) is 6.92 Å². The Morgan fingerprint density at radius 2 is 2.04 bits per heavy atom. The number of carbonyl (C=O) groups excluding carboxylic acids is 2. The molecular weight excluding hydrogens is 332 g/mol. The molecule has 2 fully saturated rings. The van der Waals surface area contributed by atoms with Gasteiger partial charge in [0.1, 0.15) is 6.10 Å². The number of hydrogen-bond acceptors (Lipinski definition) is 6. The summed E-state index contributed by atoms with van der Waals surface area (Å²) in [4.78, 5) is 25.2. The lowest BCUT2D eigenvalue weighted by Gasteiger charge is -2.40. The van der Waals surface area contributed by atoms with Crippen molar-refractivity contribution in [2.45, 2.75) is 31.8 Å². The molecule has 1 aromatic rings. The van der Waals surface area contributed by atoms with Crippen LogP contribution in [0.1, 0.15) is 31.2 Å². The van der Waals surface area contributed by atoms with Crippen molar-refractivity contribution >= 4 is 27.6 Å². The van der Waals surface area contributed by atoms with Gasteiger partial charge < -0.3 is 4.90 Å². The summed E-state index contributed by atoms with van der Waals surface area (Å²) in [7, 11) is -3.43. The summed E-state index contributed by atoms with van der Waals surface area (Å²) in [6.07, 6.45) is 0.526. The number of hydrogen-bond donors (Lipinski definition) is 1. The molecule has 7 nitrogen and oxygen atoms in total. The fourth-order valence-electron chi connectivity index (χ4n) is 2.94. The molecule has 130 valence electrons. The van der Waals surface area contributed by atoms with Gasteiger partial charge in [-0.1, -0.05) is 12.1 Å². The predicted molar refractivity (Wildman–Crippen MR) is 88.1 cm³/mol. The first-order valence-corrected chi connectivity index (χ1v) is 9.55. The maximum atomic E-state index is 12.0. The van der Waals surface area contributed by atoms with Gasteiger partial charge in [0, 0.05) is 25.2 Å². The highest BCUT2D eigenvalue weighted by atomic mass is 32.2. The van der Waals surface area contributed by atoms with E-state index in [0.717, 1.165) is 11.3 Å². The number of anilines is 1. The molecule has 1 N–H and O–H groups in total. The highest BCUT2D eigenvalue weighted by Crippen LogP contribution is 2.30. The average molecular weight is 352 g/mol. The number of amides is 2. The van der Waals surface area contributed by atoms with Crippen LogP contribution in [-0.4, -0.2) is 45.2 Å². The fraction of sp³-hybridized carbons (Fsp3) is 0.500. The second-order valence-corrected chi connectivity index (χ2v) is 7.95. The van der Waals surface area contributed by atoms with E-state index in [2.05, 4.69) is 5.32 Å². The van der Waals surface area contributed by atoms with Crippen LogP contribution in [-0.2, 0) is 23.9 Å². The molecule has 0 spiro atoms. The van der Waals surface area contributed by atoms with E-state index in [-0.39, 0.29) is 29.6 Å². The van der Waals surface area contributed by atoms with Crippen LogP contribution >= 0.6 is 0 Å². The van der Waals surface area contributed by atoms with Gasteiger partial charge in [-0.2, -0.15) is 8.42 Å². The Hall–Kier alpha value is -1.93. The third-order valence-corrected chi connectivity index (χ3v) is 5.63. The second kappa shape index (κ2) is 6.52. The van der Waals surface area contributed by atoms with E-state index >= 15 is 0 Å². The van der Waals surface area contributed by atoms with E-state index in [1.165, 1.54) is 0 Å². The van der Waals surface area contributed by atoms with Gasteiger partial charge in [-0.15, -0.1) is 0 Å². The molecule has 8 heteroatoms. The molecule has 1 aromatic carbocycles. The van der Waals surface area contributed by atoms with Crippen molar-refractivity contribution in [3.8, 4) is 0 Å². The molecule has 0 radical (unpaired) electrons. The summed E-state index contributed by atoms with van der Waals surface area (Å²) in [5.41, 5.74) is 1.79. The van der Waals surface area contributed by atoms with E-state index in [9.17, 15) is 18.0 Å². The average Bonchev–Trinajstić information content (AvgIpc) is 2.50. The highest BCUT2D eigenvalue weighted by molar-refractivity contribution is 7.86. The largest absolute Gasteiger partial charge is 0.366 e. The lowest BCUT2D eigenvalue weighted by molar-refractivity contribution is -0.134. The van der Waals surface area contributed by atoms with Crippen LogP contribution in [0.5, 0.6) is 0 Å². The third-order valence-electron chi connectivity index (χ3n) is 4.36. The molecule has 2 amide bonds. The summed E-state index contributed by atoms with van der Waals surface area (Å²) in [6.45, 7) is 2.55. The molecule has 2 heterocycles. The summed E-state index contributed by atoms with van der Waals surface area (Å²) in [6, 6.07) is 7.58. The minimum Gasteiger partial charge on any atom is -0.366 e. The van der Waals surface area contributed by atoms with Crippen molar-refractivity contribution in [2.75, 3.05) is 23.7 Å². The van der Waals surface area contributed by atoms with Gasteiger partial charge in [-0.05, 0) is 31.0 Å². The number of nitrogens with zero attached hydrogens (tertiary/aromatic N) is 1. The number of nitrogens with one attached hydrogen (secondary N) is 1. The zero-order chi connectivity index (χ0) is 17.3. The normalized spacial score (nSPS) is 22.2. The van der Waals surface area contributed by atoms with Gasteiger partial charge in [-0.3, -0.25) is 19.1 Å². The number of rotatable bonds is 5. The van der Waals surface area contributed by atoms with Crippen molar-refractivity contribution in [3.63, 3.8) is 0 Å². The molecule has 2 aliphatic rings. The molecule has 1 unspecified atom stereocenters. The summed E-state index contributed by atoms with van der Waals surface area (Å²) >= 11 is 0. The molecule has 0 saturated carbocycles. The molecule has 2 aliphatic heterocycles. The molecule has 0 aromatic heterocycles. The summed E-state index contributed by atoms with van der Waals surface area (Å²) < 4.78 is 28.0. The van der Waals surface area contributed by atoms with E-state index in [0.29, 0.717) is 25.9 Å². The zero-order valence-electron chi connectivity index (χ0n) is 13.4. The van der Waals surface area contributed by atoms with Crippen molar-refractivity contribution in [3.05, 3.63) is 29.8 Å². The second-order valence-electron chi connectivity index (χ2n) is 6.07. The fourth-order valence-corrected chi connectivity index (χ4v) is 3.61. The third kappa shape index (κ3) is 3.59. The summed E-state index contributed by atoms with van der Waals surface area (Å²) in [5, 5.41) is 2.37. The number of imide groups is 1. The van der Waals surface area contributed by atoms with Gasteiger partial charge in [0.05, 0.1) is 11.7 Å². The van der Waals surface area contributed by atoms with Crippen LogP contribution in [0.25, 0.3) is 0 Å². The predicted octanol–water partition coefficient (Wildman–Crippen LogP) is 0.762. The monoisotopic (exact) mass is 352 g/mol. The lowest BCUT2D eigenvalue weighted by atomic mass is 9.90. The van der Waals surface area contributed by atoms with E-state index in [1.807, 2.05) is 29.2 Å². The van der Waals surface area contributed by atoms with E-state index in [4.69, 9.17) is 4.18 Å². The topological polar surface area (TPSA) is 92.8 Å². The smallest absolute Gasteiger partial charge is 0.267 e. The van der Waals surface area contributed by atoms with Gasteiger partial charge in [-0.25, -0.2) is 0 Å². The first-order valence-electron chi connectivity index (χ1n) is 7.97.